The van der Waals surface area contributed by atoms with Crippen molar-refractivity contribution in [3.63, 3.8) is 0 Å². The van der Waals surface area contributed by atoms with Gasteiger partial charge in [-0.25, -0.2) is 9.78 Å². The van der Waals surface area contributed by atoms with Crippen LogP contribution in [0.15, 0.2) is 24.3 Å². The van der Waals surface area contributed by atoms with Crippen molar-refractivity contribution in [2.75, 3.05) is 6.54 Å². The third-order valence-corrected chi connectivity index (χ3v) is 5.02. The maximum Gasteiger partial charge on any atom is 0.315 e. The van der Waals surface area contributed by atoms with E-state index < -0.39 is 5.60 Å². The van der Waals surface area contributed by atoms with Gasteiger partial charge in [0, 0.05) is 6.54 Å². The van der Waals surface area contributed by atoms with Crippen molar-refractivity contribution in [1.82, 2.24) is 20.6 Å². The van der Waals surface area contributed by atoms with Gasteiger partial charge in [-0.1, -0.05) is 45.2 Å². The molecular weight excluding hydrogens is 316 g/mol. The van der Waals surface area contributed by atoms with E-state index >= 15 is 0 Å². The number of aliphatic hydroxyl groups is 1. The Morgan fingerprint density at radius 2 is 2.00 bits per heavy atom. The molecule has 0 saturated heterocycles. The number of aromatic amines is 1. The number of benzene rings is 1. The van der Waals surface area contributed by atoms with Gasteiger partial charge in [-0.15, -0.1) is 0 Å². The summed E-state index contributed by atoms with van der Waals surface area (Å²) in [4.78, 5) is 20.3. The van der Waals surface area contributed by atoms with Crippen molar-refractivity contribution >= 4 is 17.1 Å². The lowest BCUT2D eigenvalue weighted by molar-refractivity contribution is 0.00708. The first-order valence-corrected chi connectivity index (χ1v) is 9.18. The molecule has 2 amide bonds. The molecule has 4 N–H and O–H groups in total. The van der Waals surface area contributed by atoms with Crippen molar-refractivity contribution in [1.29, 1.82) is 0 Å². The molecule has 25 heavy (non-hydrogen) atoms. The molecule has 1 saturated carbocycles. The Morgan fingerprint density at radius 3 is 2.68 bits per heavy atom. The highest BCUT2D eigenvalue weighted by Gasteiger charge is 2.30. The summed E-state index contributed by atoms with van der Waals surface area (Å²) in [5.74, 6) is 0.937. The third-order valence-electron chi connectivity index (χ3n) is 5.02. The molecule has 2 aromatic rings. The predicted molar refractivity (Wildman–Crippen MR) is 98.2 cm³/mol. The number of amides is 2. The molecular formula is C19H28N4O2. The standard InChI is InChI=1S/C19H28N4O2/c1-13(2)16(17-21-14-8-4-5-9-15(14)22-17)23-18(24)20-12-19(25)10-6-3-7-11-19/h4-5,8-9,13,16,25H,3,6-7,10-12H2,1-2H3,(H,21,22)(H2,20,23,24). The second-order valence-corrected chi connectivity index (χ2v) is 7.47. The van der Waals surface area contributed by atoms with Crippen LogP contribution in [0, 0.1) is 5.92 Å². The van der Waals surface area contributed by atoms with Crippen LogP contribution >= 0.6 is 0 Å². The number of carbonyl (C=O) groups excluding carboxylic acids is 1. The number of hydrogen-bond donors (Lipinski definition) is 4. The zero-order valence-corrected chi connectivity index (χ0v) is 15.0. The van der Waals surface area contributed by atoms with Crippen LogP contribution in [0.1, 0.15) is 57.8 Å². The van der Waals surface area contributed by atoms with Gasteiger partial charge in [-0.2, -0.15) is 0 Å². The summed E-state index contributed by atoms with van der Waals surface area (Å²) in [5, 5.41) is 16.4. The number of hydrogen-bond acceptors (Lipinski definition) is 3. The van der Waals surface area contributed by atoms with Crippen LogP contribution in [0.4, 0.5) is 4.79 Å². The number of urea groups is 1. The molecule has 1 aliphatic carbocycles. The van der Waals surface area contributed by atoms with Crippen molar-refractivity contribution in [3.8, 4) is 0 Å². The molecule has 1 unspecified atom stereocenters. The molecule has 0 bridgehead atoms. The summed E-state index contributed by atoms with van der Waals surface area (Å²) < 4.78 is 0. The van der Waals surface area contributed by atoms with E-state index in [4.69, 9.17) is 0 Å². The van der Waals surface area contributed by atoms with Crippen LogP contribution in [0.5, 0.6) is 0 Å². The van der Waals surface area contributed by atoms with E-state index in [0.717, 1.165) is 49.0 Å². The molecule has 6 heteroatoms. The molecule has 1 atom stereocenters. The van der Waals surface area contributed by atoms with Crippen LogP contribution in [-0.4, -0.2) is 33.3 Å². The van der Waals surface area contributed by atoms with E-state index in [0.29, 0.717) is 6.54 Å². The fraction of sp³-hybridized carbons (Fsp3) is 0.579. The van der Waals surface area contributed by atoms with Crippen molar-refractivity contribution in [3.05, 3.63) is 30.1 Å². The zero-order chi connectivity index (χ0) is 17.9. The quantitative estimate of drug-likeness (QED) is 0.671. The summed E-state index contributed by atoms with van der Waals surface area (Å²) >= 11 is 0. The zero-order valence-electron chi connectivity index (χ0n) is 15.0. The molecule has 1 fully saturated rings. The third kappa shape index (κ3) is 4.31. The lowest BCUT2D eigenvalue weighted by atomic mass is 9.85. The number of rotatable bonds is 5. The van der Waals surface area contributed by atoms with E-state index in [9.17, 15) is 9.90 Å². The first kappa shape index (κ1) is 17.7. The van der Waals surface area contributed by atoms with E-state index in [1.54, 1.807) is 0 Å². The van der Waals surface area contributed by atoms with Gasteiger partial charge in [0.25, 0.3) is 0 Å². The minimum Gasteiger partial charge on any atom is -0.388 e. The lowest BCUT2D eigenvalue weighted by Gasteiger charge is -2.32. The Bertz CT molecular complexity index is 686. The molecule has 1 aromatic heterocycles. The fourth-order valence-corrected chi connectivity index (χ4v) is 3.49. The number of fused-ring (bicyclic) bond motifs is 1. The number of nitrogens with one attached hydrogen (secondary N) is 3. The van der Waals surface area contributed by atoms with Gasteiger partial charge in [0.2, 0.25) is 0 Å². The van der Waals surface area contributed by atoms with Gasteiger partial charge >= 0.3 is 6.03 Å². The Hall–Kier alpha value is -2.08. The van der Waals surface area contributed by atoms with Gasteiger partial charge in [0.05, 0.1) is 22.7 Å². The minimum atomic E-state index is -0.762. The number of imidazole rings is 1. The van der Waals surface area contributed by atoms with E-state index in [-0.39, 0.29) is 18.0 Å². The molecule has 6 nitrogen and oxygen atoms in total. The Labute approximate surface area is 148 Å². The second kappa shape index (κ2) is 7.44. The Kier molecular flexibility index (Phi) is 5.27. The molecule has 1 aromatic carbocycles. The van der Waals surface area contributed by atoms with Gasteiger partial charge in [0.1, 0.15) is 5.82 Å². The molecule has 3 rings (SSSR count). The minimum absolute atomic E-state index is 0.184. The number of H-pyrrole nitrogens is 1. The first-order chi connectivity index (χ1) is 12.0. The topological polar surface area (TPSA) is 90.0 Å². The van der Waals surface area contributed by atoms with Gasteiger partial charge < -0.3 is 20.7 Å². The summed E-state index contributed by atoms with van der Waals surface area (Å²) in [5.41, 5.74) is 1.09. The summed E-state index contributed by atoms with van der Waals surface area (Å²) in [6.07, 6.45) is 4.71. The summed E-state index contributed by atoms with van der Waals surface area (Å²) in [6.45, 7) is 4.39. The van der Waals surface area contributed by atoms with Crippen LogP contribution in [0.25, 0.3) is 11.0 Å². The number of nitrogens with zero attached hydrogens (tertiary/aromatic N) is 1. The molecule has 136 valence electrons. The van der Waals surface area contributed by atoms with Gasteiger partial charge in [-0.3, -0.25) is 0 Å². The average molecular weight is 344 g/mol. The lowest BCUT2D eigenvalue weighted by Crippen LogP contribution is -2.48. The van der Waals surface area contributed by atoms with Gasteiger partial charge in [0.15, 0.2) is 0 Å². The van der Waals surface area contributed by atoms with Crippen LogP contribution < -0.4 is 10.6 Å². The van der Waals surface area contributed by atoms with Crippen LogP contribution in [0.3, 0.4) is 0 Å². The van der Waals surface area contributed by atoms with Crippen LogP contribution in [-0.2, 0) is 0 Å². The largest absolute Gasteiger partial charge is 0.388 e. The highest BCUT2D eigenvalue weighted by atomic mass is 16.3. The normalized spacial score (nSPS) is 18.2. The molecule has 0 spiro atoms. The average Bonchev–Trinajstić information content (AvgIpc) is 3.02. The van der Waals surface area contributed by atoms with E-state index in [1.165, 1.54) is 0 Å². The van der Waals surface area contributed by atoms with E-state index in [1.807, 2.05) is 38.1 Å². The number of para-hydroxylation sites is 2. The number of carbonyl (C=O) groups is 1. The smallest absolute Gasteiger partial charge is 0.315 e. The number of aromatic nitrogens is 2. The monoisotopic (exact) mass is 344 g/mol. The first-order valence-electron chi connectivity index (χ1n) is 9.18. The molecule has 1 aliphatic rings. The summed E-state index contributed by atoms with van der Waals surface area (Å²) in [7, 11) is 0. The Morgan fingerprint density at radius 1 is 1.28 bits per heavy atom. The Balaban J connectivity index is 1.64. The highest BCUT2D eigenvalue weighted by molar-refractivity contribution is 5.76. The second-order valence-electron chi connectivity index (χ2n) is 7.47. The van der Waals surface area contributed by atoms with Crippen molar-refractivity contribution in [2.45, 2.75) is 57.6 Å². The maximum absolute atomic E-state index is 12.4. The van der Waals surface area contributed by atoms with Crippen molar-refractivity contribution < 1.29 is 9.90 Å². The van der Waals surface area contributed by atoms with Crippen molar-refractivity contribution in [2.24, 2.45) is 5.92 Å². The summed E-state index contributed by atoms with van der Waals surface area (Å²) in [6, 6.07) is 7.35. The molecule has 0 aliphatic heterocycles. The molecule has 0 radical (unpaired) electrons. The van der Waals surface area contributed by atoms with Gasteiger partial charge in [-0.05, 0) is 30.9 Å². The predicted octanol–water partition coefficient (Wildman–Crippen LogP) is 3.25. The van der Waals surface area contributed by atoms with Crippen LogP contribution in [0.2, 0.25) is 0 Å². The fourth-order valence-electron chi connectivity index (χ4n) is 3.49. The van der Waals surface area contributed by atoms with E-state index in [2.05, 4.69) is 20.6 Å². The molecule has 1 heterocycles. The highest BCUT2D eigenvalue weighted by Crippen LogP contribution is 2.27. The maximum atomic E-state index is 12.4. The SMILES string of the molecule is CC(C)C(NC(=O)NCC1(O)CCCCC1)c1nc2ccccc2[nH]1.